The molecule has 2 aromatic carbocycles. The molecule has 1 N–H and O–H groups in total. The number of aromatic nitrogens is 1. The van der Waals surface area contributed by atoms with Crippen molar-refractivity contribution in [3.05, 3.63) is 64.8 Å². The SMILES string of the molecule is C[C@H](Oc1ccc(F)cc1)C(=O)Nc1nc(-c2ccc(Cl)cc2)cs1. The Kier molecular flexibility index (Phi) is 5.31. The van der Waals surface area contributed by atoms with Crippen LogP contribution in [0.25, 0.3) is 11.3 Å². The van der Waals surface area contributed by atoms with Gasteiger partial charge in [0.15, 0.2) is 11.2 Å². The third-order valence-electron chi connectivity index (χ3n) is 3.37. The van der Waals surface area contributed by atoms with Gasteiger partial charge in [-0.05, 0) is 43.3 Å². The Hall–Kier alpha value is -2.44. The summed E-state index contributed by atoms with van der Waals surface area (Å²) in [6.07, 6.45) is -0.742. The number of benzene rings is 2. The van der Waals surface area contributed by atoms with Crippen molar-refractivity contribution in [2.75, 3.05) is 5.32 Å². The number of thiazole rings is 1. The molecule has 1 amide bonds. The molecule has 4 nitrogen and oxygen atoms in total. The van der Waals surface area contributed by atoms with Crippen molar-refractivity contribution in [3.63, 3.8) is 0 Å². The zero-order valence-electron chi connectivity index (χ0n) is 13.2. The smallest absolute Gasteiger partial charge is 0.266 e. The van der Waals surface area contributed by atoms with Gasteiger partial charge in [-0.1, -0.05) is 23.7 Å². The normalized spacial score (nSPS) is 11.8. The number of halogens is 2. The molecule has 0 aliphatic rings. The summed E-state index contributed by atoms with van der Waals surface area (Å²) in [6.45, 7) is 1.62. The van der Waals surface area contributed by atoms with Gasteiger partial charge in [-0.25, -0.2) is 9.37 Å². The molecule has 0 unspecified atom stereocenters. The first kappa shape index (κ1) is 17.4. The van der Waals surface area contributed by atoms with Crippen LogP contribution < -0.4 is 10.1 Å². The number of anilines is 1. The molecule has 0 radical (unpaired) electrons. The Balaban J connectivity index is 1.62. The van der Waals surface area contributed by atoms with E-state index in [1.807, 2.05) is 17.5 Å². The van der Waals surface area contributed by atoms with E-state index >= 15 is 0 Å². The van der Waals surface area contributed by atoms with E-state index in [4.69, 9.17) is 16.3 Å². The molecule has 0 saturated heterocycles. The summed E-state index contributed by atoms with van der Waals surface area (Å²) in [4.78, 5) is 16.6. The van der Waals surface area contributed by atoms with Gasteiger partial charge in [0.1, 0.15) is 11.6 Å². The Morgan fingerprint density at radius 3 is 2.56 bits per heavy atom. The highest BCUT2D eigenvalue weighted by Gasteiger charge is 2.16. The first-order valence-electron chi connectivity index (χ1n) is 7.46. The molecule has 0 aliphatic carbocycles. The lowest BCUT2D eigenvalue weighted by molar-refractivity contribution is -0.122. The zero-order chi connectivity index (χ0) is 17.8. The van der Waals surface area contributed by atoms with Crippen LogP contribution in [0.15, 0.2) is 53.9 Å². The molecule has 0 fully saturated rings. The van der Waals surface area contributed by atoms with Crippen molar-refractivity contribution < 1.29 is 13.9 Å². The van der Waals surface area contributed by atoms with Gasteiger partial charge < -0.3 is 4.74 Å². The predicted molar refractivity (Wildman–Crippen MR) is 97.7 cm³/mol. The minimum atomic E-state index is -0.742. The third kappa shape index (κ3) is 4.55. The standard InChI is InChI=1S/C18H14ClFN2O2S/c1-11(24-15-8-6-14(20)7-9-15)17(23)22-18-21-16(10-25-18)12-2-4-13(19)5-3-12/h2-11H,1H3,(H,21,22,23)/t11-/m0/s1. The van der Waals surface area contributed by atoms with E-state index in [1.165, 1.54) is 35.6 Å². The second-order valence-electron chi connectivity index (χ2n) is 5.25. The maximum atomic E-state index is 12.9. The Morgan fingerprint density at radius 1 is 1.20 bits per heavy atom. The molecular formula is C18H14ClFN2O2S. The molecule has 1 heterocycles. The van der Waals surface area contributed by atoms with Crippen LogP contribution in [0.4, 0.5) is 9.52 Å². The summed E-state index contributed by atoms with van der Waals surface area (Å²) in [6, 6.07) is 12.8. The second-order valence-corrected chi connectivity index (χ2v) is 6.54. The largest absolute Gasteiger partial charge is 0.481 e. The lowest BCUT2D eigenvalue weighted by Gasteiger charge is -2.13. The number of carbonyl (C=O) groups is 1. The highest BCUT2D eigenvalue weighted by molar-refractivity contribution is 7.14. The van der Waals surface area contributed by atoms with Crippen molar-refractivity contribution in [2.24, 2.45) is 0 Å². The fraction of sp³-hybridized carbons (Fsp3) is 0.111. The van der Waals surface area contributed by atoms with Crippen LogP contribution in [-0.2, 0) is 4.79 Å². The Labute approximate surface area is 153 Å². The van der Waals surface area contributed by atoms with Gasteiger partial charge in [-0.15, -0.1) is 11.3 Å². The van der Waals surface area contributed by atoms with Crippen LogP contribution in [0.1, 0.15) is 6.92 Å². The number of rotatable bonds is 5. The van der Waals surface area contributed by atoms with Crippen molar-refractivity contribution in [3.8, 4) is 17.0 Å². The third-order valence-corrected chi connectivity index (χ3v) is 4.38. The van der Waals surface area contributed by atoms with Crippen molar-refractivity contribution in [1.82, 2.24) is 4.98 Å². The Morgan fingerprint density at radius 2 is 1.88 bits per heavy atom. The molecule has 128 valence electrons. The van der Waals surface area contributed by atoms with Crippen molar-refractivity contribution in [2.45, 2.75) is 13.0 Å². The molecule has 1 atom stereocenters. The fourth-order valence-corrected chi connectivity index (χ4v) is 2.91. The molecule has 3 aromatic rings. The van der Waals surface area contributed by atoms with Gasteiger partial charge in [-0.2, -0.15) is 0 Å². The van der Waals surface area contributed by atoms with Crippen LogP contribution >= 0.6 is 22.9 Å². The summed E-state index contributed by atoms with van der Waals surface area (Å²) in [5.74, 6) is -0.270. The summed E-state index contributed by atoms with van der Waals surface area (Å²) in [5.41, 5.74) is 1.67. The fourth-order valence-electron chi connectivity index (χ4n) is 2.06. The molecular weight excluding hydrogens is 363 g/mol. The van der Waals surface area contributed by atoms with E-state index < -0.39 is 6.10 Å². The van der Waals surface area contributed by atoms with Gasteiger partial charge in [0, 0.05) is 16.0 Å². The van der Waals surface area contributed by atoms with Gasteiger partial charge >= 0.3 is 0 Å². The van der Waals surface area contributed by atoms with Gasteiger partial charge in [0.25, 0.3) is 5.91 Å². The Bertz CT molecular complexity index is 866. The minimum absolute atomic E-state index is 0.332. The number of carbonyl (C=O) groups excluding carboxylic acids is 1. The van der Waals surface area contributed by atoms with E-state index in [1.54, 1.807) is 19.1 Å². The topological polar surface area (TPSA) is 51.2 Å². The first-order chi connectivity index (χ1) is 12.0. The lowest BCUT2D eigenvalue weighted by atomic mass is 10.2. The maximum Gasteiger partial charge on any atom is 0.266 e. The highest BCUT2D eigenvalue weighted by atomic mass is 35.5. The number of ether oxygens (including phenoxy) is 1. The quantitative estimate of drug-likeness (QED) is 0.681. The maximum absolute atomic E-state index is 12.9. The summed E-state index contributed by atoms with van der Waals surface area (Å²) in [7, 11) is 0. The van der Waals surface area contributed by atoms with Crippen LogP contribution in [0, 0.1) is 5.82 Å². The van der Waals surface area contributed by atoms with E-state index in [-0.39, 0.29) is 11.7 Å². The van der Waals surface area contributed by atoms with Gasteiger partial charge in [0.2, 0.25) is 0 Å². The number of hydrogen-bond acceptors (Lipinski definition) is 4. The molecule has 0 aliphatic heterocycles. The average Bonchev–Trinajstić information content (AvgIpc) is 3.06. The molecule has 0 bridgehead atoms. The highest BCUT2D eigenvalue weighted by Crippen LogP contribution is 2.26. The van der Waals surface area contributed by atoms with E-state index in [0.29, 0.717) is 15.9 Å². The number of amides is 1. The molecule has 25 heavy (non-hydrogen) atoms. The monoisotopic (exact) mass is 376 g/mol. The lowest BCUT2D eigenvalue weighted by Crippen LogP contribution is -2.30. The average molecular weight is 377 g/mol. The minimum Gasteiger partial charge on any atom is -0.481 e. The second kappa shape index (κ2) is 7.63. The van der Waals surface area contributed by atoms with Gasteiger partial charge in [-0.3, -0.25) is 10.1 Å². The number of nitrogens with one attached hydrogen (secondary N) is 1. The number of hydrogen-bond donors (Lipinski definition) is 1. The van der Waals surface area contributed by atoms with E-state index in [9.17, 15) is 9.18 Å². The van der Waals surface area contributed by atoms with Crippen LogP contribution in [-0.4, -0.2) is 17.0 Å². The predicted octanol–water partition coefficient (Wildman–Crippen LogP) is 5.01. The number of nitrogens with zero attached hydrogens (tertiary/aromatic N) is 1. The molecule has 0 spiro atoms. The molecule has 1 aromatic heterocycles. The molecule has 0 saturated carbocycles. The van der Waals surface area contributed by atoms with E-state index in [2.05, 4.69) is 10.3 Å². The zero-order valence-corrected chi connectivity index (χ0v) is 14.8. The summed E-state index contributed by atoms with van der Waals surface area (Å²) in [5, 5.41) is 5.70. The van der Waals surface area contributed by atoms with Crippen LogP contribution in [0.3, 0.4) is 0 Å². The van der Waals surface area contributed by atoms with Gasteiger partial charge in [0.05, 0.1) is 5.69 Å². The van der Waals surface area contributed by atoms with Crippen molar-refractivity contribution >= 4 is 34.0 Å². The van der Waals surface area contributed by atoms with E-state index in [0.717, 1.165) is 11.3 Å². The molecule has 3 rings (SSSR count). The van der Waals surface area contributed by atoms with Crippen LogP contribution in [0.5, 0.6) is 5.75 Å². The summed E-state index contributed by atoms with van der Waals surface area (Å²) < 4.78 is 18.4. The van der Waals surface area contributed by atoms with Crippen molar-refractivity contribution in [1.29, 1.82) is 0 Å². The summed E-state index contributed by atoms with van der Waals surface area (Å²) >= 11 is 7.20. The van der Waals surface area contributed by atoms with Crippen LogP contribution in [0.2, 0.25) is 5.02 Å². The first-order valence-corrected chi connectivity index (χ1v) is 8.71. The molecule has 7 heteroatoms.